The summed E-state index contributed by atoms with van der Waals surface area (Å²) in [5.41, 5.74) is 4.28. The molecule has 1 rings (SSSR count). The predicted molar refractivity (Wildman–Crippen MR) is 44.7 cm³/mol. The number of piperidine rings is 1. The number of nitrogens with zero attached hydrogens (tertiary/aromatic N) is 1. The predicted octanol–water partition coefficient (Wildman–Crippen LogP) is -3.34. The molecule has 1 fully saturated rings. The van der Waals surface area contributed by atoms with Gasteiger partial charge in [-0.25, -0.2) is 0 Å². The second kappa shape index (κ2) is 3.49. The summed E-state index contributed by atoms with van der Waals surface area (Å²) < 4.78 is 0. The monoisotopic (exact) mass is 192 g/mol. The molecule has 1 saturated heterocycles. The fraction of sp³-hybridized carbons (Fsp3) is 1.00. The minimum atomic E-state index is -1.38. The third kappa shape index (κ3) is 1.56. The largest absolute Gasteiger partial charge is 0.393 e. The highest BCUT2D eigenvalue weighted by Crippen LogP contribution is 2.22. The fourth-order valence-electron chi connectivity index (χ4n) is 1.50. The molecule has 4 unspecified atom stereocenters. The number of aliphatic hydroxyl groups excluding tert-OH is 4. The van der Waals surface area contributed by atoms with Gasteiger partial charge in [-0.2, -0.15) is 0 Å². The molecule has 0 aliphatic carbocycles. The summed E-state index contributed by atoms with van der Waals surface area (Å²) in [6.45, 7) is -0.357. The molecule has 6 heteroatoms. The van der Waals surface area contributed by atoms with Crippen LogP contribution in [0.5, 0.6) is 0 Å². The van der Waals surface area contributed by atoms with Gasteiger partial charge < -0.3 is 26.2 Å². The first-order valence-corrected chi connectivity index (χ1v) is 4.08. The maximum Gasteiger partial charge on any atom is 0.122 e. The number of likely N-dealkylation sites (tertiary alicyclic amines) is 1. The van der Waals surface area contributed by atoms with Gasteiger partial charge in [0.25, 0.3) is 0 Å². The van der Waals surface area contributed by atoms with Gasteiger partial charge in [-0.3, -0.25) is 4.90 Å². The van der Waals surface area contributed by atoms with Crippen LogP contribution in [0.25, 0.3) is 0 Å². The summed E-state index contributed by atoms with van der Waals surface area (Å²) in [6.07, 6.45) is -3.71. The molecule has 4 atom stereocenters. The Bertz CT molecular complexity index is 191. The van der Waals surface area contributed by atoms with Gasteiger partial charge >= 0.3 is 0 Å². The Morgan fingerprint density at radius 3 is 2.46 bits per heavy atom. The lowest BCUT2D eigenvalue weighted by molar-refractivity contribution is -0.178. The number of likely N-dealkylation sites (N-methyl/N-ethyl adjacent to an activating group) is 1. The van der Waals surface area contributed by atoms with E-state index in [1.165, 1.54) is 4.90 Å². The molecule has 1 aliphatic heterocycles. The van der Waals surface area contributed by atoms with Crippen LogP contribution in [-0.4, -0.2) is 69.5 Å². The Morgan fingerprint density at radius 2 is 2.00 bits per heavy atom. The Balaban J connectivity index is 2.85. The van der Waals surface area contributed by atoms with Crippen LogP contribution in [0.1, 0.15) is 0 Å². The Hall–Kier alpha value is -0.240. The van der Waals surface area contributed by atoms with E-state index in [1.54, 1.807) is 7.05 Å². The lowest BCUT2D eigenvalue weighted by Gasteiger charge is -2.48. The van der Waals surface area contributed by atoms with Crippen molar-refractivity contribution in [3.8, 4) is 0 Å². The molecule has 0 bridgehead atoms. The van der Waals surface area contributed by atoms with Crippen LogP contribution in [0.15, 0.2) is 0 Å². The molecule has 0 amide bonds. The third-order valence-corrected chi connectivity index (χ3v) is 2.65. The van der Waals surface area contributed by atoms with Crippen molar-refractivity contribution in [2.24, 2.45) is 5.73 Å². The molecule has 1 heterocycles. The first-order valence-electron chi connectivity index (χ1n) is 4.08. The van der Waals surface area contributed by atoms with Crippen molar-refractivity contribution in [2.45, 2.75) is 24.0 Å². The van der Waals surface area contributed by atoms with E-state index in [9.17, 15) is 15.3 Å². The topological polar surface area (TPSA) is 110 Å². The number of hydrogen-bond acceptors (Lipinski definition) is 6. The van der Waals surface area contributed by atoms with E-state index in [-0.39, 0.29) is 6.54 Å². The zero-order valence-electron chi connectivity index (χ0n) is 7.46. The Morgan fingerprint density at radius 1 is 1.46 bits per heavy atom. The molecule has 0 aromatic heterocycles. The molecule has 0 radical (unpaired) electrons. The molecule has 0 saturated carbocycles. The maximum atomic E-state index is 9.50. The normalized spacial score (nSPS) is 48.0. The molecule has 0 aromatic carbocycles. The van der Waals surface area contributed by atoms with E-state index >= 15 is 0 Å². The fourth-order valence-corrected chi connectivity index (χ4v) is 1.50. The molecular weight excluding hydrogens is 176 g/mol. The van der Waals surface area contributed by atoms with E-state index in [2.05, 4.69) is 0 Å². The molecular formula is C7H16N2O4. The van der Waals surface area contributed by atoms with E-state index in [4.69, 9.17) is 10.8 Å². The number of hydrogen-bond donors (Lipinski definition) is 5. The quantitative estimate of drug-likeness (QED) is 0.297. The average molecular weight is 192 g/mol. The van der Waals surface area contributed by atoms with Gasteiger partial charge in [-0.05, 0) is 7.05 Å². The van der Waals surface area contributed by atoms with Crippen LogP contribution < -0.4 is 5.73 Å². The molecule has 78 valence electrons. The summed E-state index contributed by atoms with van der Waals surface area (Å²) >= 11 is 0. The van der Waals surface area contributed by atoms with Crippen molar-refractivity contribution in [3.63, 3.8) is 0 Å². The Labute approximate surface area is 76.2 Å². The van der Waals surface area contributed by atoms with Crippen LogP contribution in [-0.2, 0) is 0 Å². The average Bonchev–Trinajstić information content (AvgIpc) is 2.11. The molecule has 6 N–H and O–H groups in total. The van der Waals surface area contributed by atoms with Crippen LogP contribution >= 0.6 is 0 Å². The summed E-state index contributed by atoms with van der Waals surface area (Å²) in [5.74, 6) is 0. The smallest absolute Gasteiger partial charge is 0.122 e. The van der Waals surface area contributed by atoms with Crippen molar-refractivity contribution < 1.29 is 20.4 Å². The van der Waals surface area contributed by atoms with Gasteiger partial charge in [0.2, 0.25) is 0 Å². The zero-order chi connectivity index (χ0) is 10.2. The zero-order valence-corrected chi connectivity index (χ0v) is 7.46. The van der Waals surface area contributed by atoms with Gasteiger partial charge in [-0.1, -0.05) is 0 Å². The van der Waals surface area contributed by atoms with Crippen LogP contribution in [0, 0.1) is 0 Å². The molecule has 1 aliphatic rings. The first-order chi connectivity index (χ1) is 5.93. The molecule has 0 aromatic rings. The van der Waals surface area contributed by atoms with E-state index in [0.29, 0.717) is 0 Å². The van der Waals surface area contributed by atoms with Crippen LogP contribution in [0.4, 0.5) is 0 Å². The van der Waals surface area contributed by atoms with Crippen molar-refractivity contribution >= 4 is 0 Å². The number of β-amino-alcohol motifs (C(OH)–C–C–N with tert-alkyl or cyclic N) is 1. The minimum Gasteiger partial charge on any atom is -0.393 e. The Kier molecular flexibility index (Phi) is 2.91. The van der Waals surface area contributed by atoms with Gasteiger partial charge in [0.1, 0.15) is 17.9 Å². The van der Waals surface area contributed by atoms with Crippen molar-refractivity contribution in [1.82, 2.24) is 4.90 Å². The van der Waals surface area contributed by atoms with E-state index in [1.807, 2.05) is 0 Å². The summed E-state index contributed by atoms with van der Waals surface area (Å²) in [7, 11) is 1.56. The molecule has 0 spiro atoms. The first kappa shape index (κ1) is 10.8. The summed E-state index contributed by atoms with van der Waals surface area (Å²) in [6, 6.07) is 0. The molecule has 13 heavy (non-hydrogen) atoms. The van der Waals surface area contributed by atoms with Gasteiger partial charge in [-0.15, -0.1) is 0 Å². The van der Waals surface area contributed by atoms with Crippen molar-refractivity contribution in [2.75, 3.05) is 20.2 Å². The van der Waals surface area contributed by atoms with Crippen molar-refractivity contribution in [1.29, 1.82) is 0 Å². The van der Waals surface area contributed by atoms with Crippen molar-refractivity contribution in [3.05, 3.63) is 0 Å². The standard InChI is InChI=1S/C7H16N2O4/c1-9-2-4(11)5(12)6(13)7(9,8)3-10/h4-6,10-13H,2-3,8H2,1H3. The number of aliphatic hydroxyl groups is 4. The van der Waals surface area contributed by atoms with Gasteiger partial charge in [0.05, 0.1) is 12.7 Å². The third-order valence-electron chi connectivity index (χ3n) is 2.65. The highest BCUT2D eigenvalue weighted by atomic mass is 16.4. The molecule has 6 nitrogen and oxygen atoms in total. The minimum absolute atomic E-state index is 0.120. The van der Waals surface area contributed by atoms with Gasteiger partial charge in [0.15, 0.2) is 0 Å². The highest BCUT2D eigenvalue weighted by molar-refractivity contribution is 5.01. The van der Waals surface area contributed by atoms with E-state index < -0.39 is 30.6 Å². The highest BCUT2D eigenvalue weighted by Gasteiger charge is 2.48. The number of rotatable bonds is 1. The second-order valence-electron chi connectivity index (χ2n) is 3.53. The lowest BCUT2D eigenvalue weighted by Crippen LogP contribution is -2.74. The van der Waals surface area contributed by atoms with Crippen LogP contribution in [0.3, 0.4) is 0 Å². The van der Waals surface area contributed by atoms with Crippen LogP contribution in [0.2, 0.25) is 0 Å². The summed E-state index contributed by atoms with van der Waals surface area (Å²) in [4.78, 5) is 1.43. The number of nitrogens with two attached hydrogens (primary N) is 1. The lowest BCUT2D eigenvalue weighted by atomic mass is 9.89. The van der Waals surface area contributed by atoms with Gasteiger partial charge in [0, 0.05) is 6.54 Å². The maximum absolute atomic E-state index is 9.50. The SMILES string of the molecule is CN1CC(O)C(O)C(O)C1(N)CO. The van der Waals surface area contributed by atoms with E-state index in [0.717, 1.165) is 0 Å². The second-order valence-corrected chi connectivity index (χ2v) is 3.53. The summed E-state index contributed by atoms with van der Waals surface area (Å²) in [5, 5.41) is 37.0.